The normalized spacial score (nSPS) is 18.3. The van der Waals surface area contributed by atoms with Crippen molar-refractivity contribution in [1.82, 2.24) is 4.57 Å². The maximum absolute atomic E-state index is 14.1. The number of benzene rings is 6. The standard InChI is InChI=1S/C48H36ClN3O9S2.2ClH/c49-35-26-28-37(29-27-35)52-47(50-36-24-14-5-15-25-36)62-63-48(52)51-42-41(61-46(56)34-22-12-4-13-23-34)40(60-45(55)33-20-10-3-11-21-33)39(59-44(54)32-18-8-2-9-19-32)38(58-42)30-57-43(53)31-16-6-1-7-17-31;;/h1-29,38-42H,30H2;2*1H/b50-47?,51-48+;;/t38-,39-,40+,41-,42-;;/m1../s1. The summed E-state index contributed by atoms with van der Waals surface area (Å²) < 4.78 is 33.0. The minimum absolute atomic E-state index is 0. The van der Waals surface area contributed by atoms with Gasteiger partial charge in [-0.1, -0.05) is 103 Å². The zero-order valence-electron chi connectivity index (χ0n) is 33.9. The zero-order valence-corrected chi connectivity index (χ0v) is 37.9. The third-order valence-corrected chi connectivity index (χ3v) is 12.0. The van der Waals surface area contributed by atoms with Gasteiger partial charge in [0.25, 0.3) is 0 Å². The number of ether oxygens (including phenoxy) is 5. The van der Waals surface area contributed by atoms with Gasteiger partial charge < -0.3 is 23.7 Å². The van der Waals surface area contributed by atoms with E-state index < -0.39 is 61.1 Å². The number of hydrogen-bond donors (Lipinski definition) is 0. The van der Waals surface area contributed by atoms with Crippen LogP contribution in [0.5, 0.6) is 0 Å². The van der Waals surface area contributed by atoms with Gasteiger partial charge in [0.2, 0.25) is 9.60 Å². The van der Waals surface area contributed by atoms with Crippen LogP contribution in [-0.4, -0.2) is 65.7 Å². The van der Waals surface area contributed by atoms with E-state index >= 15 is 0 Å². The highest BCUT2D eigenvalue weighted by Crippen LogP contribution is 2.32. The molecule has 0 radical (unpaired) electrons. The number of nitrogens with zero attached hydrogens (tertiary/aromatic N) is 3. The topological polar surface area (TPSA) is 144 Å². The summed E-state index contributed by atoms with van der Waals surface area (Å²) in [6, 6.07) is 49.3. The van der Waals surface area contributed by atoms with Crippen molar-refractivity contribution >= 4 is 86.7 Å². The number of carbonyl (C=O) groups excluding carboxylic acids is 4. The maximum atomic E-state index is 14.1. The molecular formula is C48H38Cl3N3O9S2. The van der Waals surface area contributed by atoms with E-state index in [1.807, 2.05) is 30.3 Å². The molecule has 1 fully saturated rings. The Kier molecular flexibility index (Phi) is 17.0. The summed E-state index contributed by atoms with van der Waals surface area (Å²) in [6.07, 6.45) is -7.46. The van der Waals surface area contributed by atoms with E-state index in [2.05, 4.69) is 0 Å². The van der Waals surface area contributed by atoms with E-state index in [4.69, 9.17) is 45.3 Å². The Balaban J connectivity index is 0.00000350. The molecule has 12 nitrogen and oxygen atoms in total. The van der Waals surface area contributed by atoms with E-state index in [1.165, 1.54) is 20.7 Å². The molecule has 0 N–H and O–H groups in total. The fourth-order valence-electron chi connectivity index (χ4n) is 6.56. The van der Waals surface area contributed by atoms with Crippen LogP contribution in [0, 0.1) is 0 Å². The van der Waals surface area contributed by atoms with Crippen LogP contribution >= 0.6 is 57.1 Å². The second-order valence-corrected chi connectivity index (χ2v) is 16.4. The first-order chi connectivity index (χ1) is 30.8. The van der Waals surface area contributed by atoms with Crippen molar-refractivity contribution in [3.63, 3.8) is 0 Å². The Bertz CT molecular complexity index is 2820. The van der Waals surface area contributed by atoms with Crippen molar-refractivity contribution < 1.29 is 42.9 Å². The molecule has 65 heavy (non-hydrogen) atoms. The van der Waals surface area contributed by atoms with Gasteiger partial charge in [-0.15, -0.1) is 24.8 Å². The van der Waals surface area contributed by atoms with Crippen LogP contribution in [0.3, 0.4) is 0 Å². The molecule has 1 saturated heterocycles. The van der Waals surface area contributed by atoms with E-state index in [0.717, 1.165) is 0 Å². The molecule has 1 aliphatic rings. The fourth-order valence-corrected chi connectivity index (χ4v) is 8.85. The molecule has 1 aromatic heterocycles. The van der Waals surface area contributed by atoms with Crippen LogP contribution in [0.15, 0.2) is 186 Å². The van der Waals surface area contributed by atoms with Crippen molar-refractivity contribution in [1.29, 1.82) is 0 Å². The quantitative estimate of drug-likeness (QED) is 0.0665. The van der Waals surface area contributed by atoms with Gasteiger partial charge in [-0.3, -0.25) is 4.57 Å². The second kappa shape index (κ2) is 23.0. The third kappa shape index (κ3) is 12.0. The average Bonchev–Trinajstić information content (AvgIpc) is 3.72. The first-order valence-electron chi connectivity index (χ1n) is 19.6. The second-order valence-electron chi connectivity index (χ2n) is 13.9. The molecule has 0 amide bonds. The molecule has 0 unspecified atom stereocenters. The molecule has 332 valence electrons. The minimum atomic E-state index is -1.58. The summed E-state index contributed by atoms with van der Waals surface area (Å²) in [4.78, 5) is 66.4. The van der Waals surface area contributed by atoms with Crippen molar-refractivity contribution in [2.45, 2.75) is 30.6 Å². The van der Waals surface area contributed by atoms with Gasteiger partial charge in [0.15, 0.2) is 24.5 Å². The highest BCUT2D eigenvalue weighted by Gasteiger charge is 2.53. The monoisotopic (exact) mass is 969 g/mol. The molecule has 17 heteroatoms. The van der Waals surface area contributed by atoms with Crippen LogP contribution in [0.4, 0.5) is 5.69 Å². The molecule has 6 aromatic carbocycles. The minimum Gasteiger partial charge on any atom is -0.459 e. The lowest BCUT2D eigenvalue weighted by atomic mass is 9.97. The molecule has 7 aromatic rings. The van der Waals surface area contributed by atoms with Crippen LogP contribution in [0.2, 0.25) is 5.02 Å². The predicted molar refractivity (Wildman–Crippen MR) is 251 cm³/mol. The Labute approximate surface area is 397 Å². The first kappa shape index (κ1) is 48.1. The Hall–Kier alpha value is -6.39. The summed E-state index contributed by atoms with van der Waals surface area (Å²) in [7, 11) is 2.58. The molecule has 0 aliphatic carbocycles. The van der Waals surface area contributed by atoms with Crippen molar-refractivity contribution in [3.05, 3.63) is 213 Å². The summed E-state index contributed by atoms with van der Waals surface area (Å²) in [5.41, 5.74) is 2.11. The lowest BCUT2D eigenvalue weighted by Gasteiger charge is -2.43. The lowest BCUT2D eigenvalue weighted by molar-refractivity contribution is -0.227. The third-order valence-electron chi connectivity index (χ3n) is 9.63. The molecule has 0 spiro atoms. The molecule has 0 bridgehead atoms. The number of esters is 4. The highest BCUT2D eigenvalue weighted by molar-refractivity contribution is 7.67. The molecular weight excluding hydrogens is 933 g/mol. The van der Waals surface area contributed by atoms with Gasteiger partial charge >= 0.3 is 23.9 Å². The van der Waals surface area contributed by atoms with Crippen molar-refractivity contribution in [2.24, 2.45) is 9.98 Å². The van der Waals surface area contributed by atoms with Crippen LogP contribution in [-0.2, 0) is 23.7 Å². The molecule has 0 saturated carbocycles. The Morgan fingerprint density at radius 2 is 0.938 bits per heavy atom. The lowest BCUT2D eigenvalue weighted by Crippen LogP contribution is -2.62. The van der Waals surface area contributed by atoms with Crippen LogP contribution in [0.25, 0.3) is 5.69 Å². The van der Waals surface area contributed by atoms with Gasteiger partial charge in [0.1, 0.15) is 12.7 Å². The summed E-state index contributed by atoms with van der Waals surface area (Å²) in [6.45, 7) is -0.496. The Morgan fingerprint density at radius 1 is 0.523 bits per heavy atom. The van der Waals surface area contributed by atoms with Crippen LogP contribution in [0.1, 0.15) is 41.4 Å². The first-order valence-corrected chi connectivity index (χ1v) is 22.1. The van der Waals surface area contributed by atoms with Gasteiger partial charge in [0.05, 0.1) is 33.6 Å². The van der Waals surface area contributed by atoms with Gasteiger partial charge in [-0.25, -0.2) is 29.2 Å². The van der Waals surface area contributed by atoms with Gasteiger partial charge in [0, 0.05) is 5.02 Å². The Morgan fingerprint density at radius 3 is 1.43 bits per heavy atom. The average molecular weight is 971 g/mol. The fraction of sp³-hybridized carbons (Fsp3) is 0.125. The SMILES string of the molecule is Cl.Cl.O=C(OC[C@H]1O[C@@H](/N=c2/ssc(=Nc3ccccc3)n2-c2ccc(Cl)cc2)[C@H](OC(=O)c2ccccc2)[C@@H](OC(=O)c2ccccc2)[C@@H]1OC(=O)c1ccccc1)c1ccccc1. The predicted octanol–water partition coefficient (Wildman–Crippen LogP) is 9.49. The maximum Gasteiger partial charge on any atom is 0.338 e. The van der Waals surface area contributed by atoms with E-state index in [-0.39, 0.29) is 47.1 Å². The van der Waals surface area contributed by atoms with Crippen molar-refractivity contribution in [3.8, 4) is 5.69 Å². The molecule has 1 aliphatic heterocycles. The number of halogens is 3. The number of para-hydroxylation sites is 1. The van der Waals surface area contributed by atoms with E-state index in [9.17, 15) is 19.2 Å². The van der Waals surface area contributed by atoms with Gasteiger partial charge in [-0.2, -0.15) is 0 Å². The number of hydrogen-bond acceptors (Lipinski definition) is 13. The smallest absolute Gasteiger partial charge is 0.338 e. The largest absolute Gasteiger partial charge is 0.459 e. The summed E-state index contributed by atoms with van der Waals surface area (Å²) in [5.74, 6) is -3.11. The van der Waals surface area contributed by atoms with E-state index in [0.29, 0.717) is 26.0 Å². The van der Waals surface area contributed by atoms with Crippen LogP contribution < -0.4 is 9.60 Å². The number of carbonyl (C=O) groups is 4. The molecule has 2 heterocycles. The summed E-state index contributed by atoms with van der Waals surface area (Å²) >= 11 is 6.32. The number of aromatic nitrogens is 1. The highest BCUT2D eigenvalue weighted by atomic mass is 35.5. The number of rotatable bonds is 12. The molecule has 8 rings (SSSR count). The molecule has 5 atom stereocenters. The van der Waals surface area contributed by atoms with Gasteiger partial charge in [-0.05, 0) is 106 Å². The summed E-state index contributed by atoms with van der Waals surface area (Å²) in [5, 5.41) is 0.508. The van der Waals surface area contributed by atoms with Crippen molar-refractivity contribution in [2.75, 3.05) is 6.61 Å². The zero-order chi connectivity index (χ0) is 43.5. The van der Waals surface area contributed by atoms with E-state index in [1.54, 1.807) is 150 Å².